The van der Waals surface area contributed by atoms with Crippen LogP contribution in [0.15, 0.2) is 48.6 Å². The van der Waals surface area contributed by atoms with E-state index in [-0.39, 0.29) is 30.1 Å². The summed E-state index contributed by atoms with van der Waals surface area (Å²) in [7, 11) is -2.57. The SMILES string of the molecule is CC[C@@H](C)/C=C\C(O)[C@H]1OC(C)(C)OC1C/C=C/c1cc(C)cc(C)c1C(=O)OCC[Si](C)(C)C.CC[C@@H](C)C#CC(O)[C@H]1OC(C)(C)OC1C/C=C/c1cc(C)cc(C)c1C(=O)OCC[Si](C)(C)C. The lowest BCUT2D eigenvalue weighted by Gasteiger charge is -2.20. The second kappa shape index (κ2) is 26.9. The van der Waals surface area contributed by atoms with Gasteiger partial charge in [0.1, 0.15) is 24.4 Å². The van der Waals surface area contributed by atoms with E-state index in [1.807, 2.05) is 123 Å². The number of aliphatic hydroxyl groups is 2. The highest BCUT2D eigenvalue weighted by Crippen LogP contribution is 2.34. The van der Waals surface area contributed by atoms with Gasteiger partial charge in [0.2, 0.25) is 0 Å². The van der Waals surface area contributed by atoms with E-state index in [4.69, 9.17) is 28.4 Å². The molecule has 0 spiro atoms. The van der Waals surface area contributed by atoms with E-state index in [0.29, 0.717) is 43.1 Å². The first-order valence-electron chi connectivity index (χ1n) is 25.6. The molecule has 8 atom stereocenters. The van der Waals surface area contributed by atoms with Gasteiger partial charge in [-0.3, -0.25) is 0 Å². The van der Waals surface area contributed by atoms with Gasteiger partial charge in [-0.2, -0.15) is 0 Å². The number of benzene rings is 2. The van der Waals surface area contributed by atoms with Gasteiger partial charge in [0.15, 0.2) is 11.6 Å². The van der Waals surface area contributed by atoms with Crippen molar-refractivity contribution in [3.8, 4) is 11.8 Å². The van der Waals surface area contributed by atoms with Crippen molar-refractivity contribution in [2.75, 3.05) is 13.2 Å². The maximum atomic E-state index is 13.0. The molecule has 2 saturated heterocycles. The molecule has 70 heavy (non-hydrogen) atoms. The van der Waals surface area contributed by atoms with Gasteiger partial charge in [-0.05, 0) is 115 Å². The van der Waals surface area contributed by atoms with Crippen LogP contribution in [0, 0.1) is 51.4 Å². The van der Waals surface area contributed by atoms with Crippen LogP contribution in [-0.2, 0) is 28.4 Å². The molecular formula is C58H90O10Si2. The van der Waals surface area contributed by atoms with Gasteiger partial charge in [-0.1, -0.05) is 157 Å². The number of hydrogen-bond acceptors (Lipinski definition) is 10. The second-order valence-corrected chi connectivity index (χ2v) is 34.1. The molecule has 2 aliphatic heterocycles. The Hall–Kier alpha value is -3.65. The van der Waals surface area contributed by atoms with Crippen LogP contribution < -0.4 is 0 Å². The van der Waals surface area contributed by atoms with E-state index in [0.717, 1.165) is 58.3 Å². The van der Waals surface area contributed by atoms with Gasteiger partial charge >= 0.3 is 11.9 Å². The summed E-state index contributed by atoms with van der Waals surface area (Å²) in [5.74, 6) is 4.53. The Morgan fingerprint density at radius 3 is 1.50 bits per heavy atom. The van der Waals surface area contributed by atoms with E-state index in [1.165, 1.54) is 0 Å². The van der Waals surface area contributed by atoms with Gasteiger partial charge < -0.3 is 38.6 Å². The molecule has 4 rings (SSSR count). The summed E-state index contributed by atoms with van der Waals surface area (Å²) in [4.78, 5) is 25.9. The van der Waals surface area contributed by atoms with Crippen LogP contribution in [0.4, 0.5) is 0 Å². The number of esters is 2. The first-order chi connectivity index (χ1) is 32.4. The fourth-order valence-electron chi connectivity index (χ4n) is 8.13. The van der Waals surface area contributed by atoms with Crippen LogP contribution in [0.3, 0.4) is 0 Å². The van der Waals surface area contributed by atoms with E-state index in [1.54, 1.807) is 0 Å². The summed E-state index contributed by atoms with van der Waals surface area (Å²) in [6, 6.07) is 9.91. The predicted octanol–water partition coefficient (Wildman–Crippen LogP) is 12.8. The maximum Gasteiger partial charge on any atom is 0.338 e. The molecule has 2 aliphatic rings. The average Bonchev–Trinajstić information content (AvgIpc) is 3.73. The second-order valence-electron chi connectivity index (χ2n) is 22.8. The zero-order chi connectivity index (χ0) is 52.8. The minimum absolute atomic E-state index is 0.215. The van der Waals surface area contributed by atoms with Crippen LogP contribution in [0.1, 0.15) is 135 Å². The molecule has 2 N–H and O–H groups in total. The summed E-state index contributed by atoms with van der Waals surface area (Å²) in [5.41, 5.74) is 6.86. The predicted molar refractivity (Wildman–Crippen MR) is 291 cm³/mol. The average molecular weight is 1000 g/mol. The molecule has 0 amide bonds. The first kappa shape index (κ1) is 60.7. The molecule has 0 bridgehead atoms. The number of allylic oxidation sites excluding steroid dienone is 1. The number of carbonyl (C=O) groups excluding carboxylic acids is 2. The van der Waals surface area contributed by atoms with Crippen molar-refractivity contribution in [2.45, 2.75) is 208 Å². The van der Waals surface area contributed by atoms with Crippen molar-refractivity contribution >= 4 is 40.2 Å². The lowest BCUT2D eigenvalue weighted by Crippen LogP contribution is -2.34. The van der Waals surface area contributed by atoms with Gasteiger partial charge in [-0.25, -0.2) is 9.59 Å². The number of carbonyl (C=O) groups is 2. The van der Waals surface area contributed by atoms with Gasteiger partial charge in [0.05, 0.1) is 36.5 Å². The molecule has 2 aromatic rings. The highest BCUT2D eigenvalue weighted by molar-refractivity contribution is 6.76. The third-order valence-electron chi connectivity index (χ3n) is 12.4. The van der Waals surface area contributed by atoms with E-state index in [9.17, 15) is 19.8 Å². The molecule has 10 nitrogen and oxygen atoms in total. The van der Waals surface area contributed by atoms with Gasteiger partial charge in [-0.15, -0.1) is 0 Å². The molecule has 0 aromatic heterocycles. The molecule has 4 unspecified atom stereocenters. The molecule has 0 saturated carbocycles. The van der Waals surface area contributed by atoms with E-state index >= 15 is 0 Å². The van der Waals surface area contributed by atoms with Crippen molar-refractivity contribution in [1.82, 2.24) is 0 Å². The molecule has 2 aromatic carbocycles. The van der Waals surface area contributed by atoms with Crippen LogP contribution in [0.2, 0.25) is 51.4 Å². The third kappa shape index (κ3) is 20.5. The minimum atomic E-state index is -1.29. The lowest BCUT2D eigenvalue weighted by molar-refractivity contribution is -0.152. The van der Waals surface area contributed by atoms with E-state index in [2.05, 4.69) is 71.9 Å². The zero-order valence-electron chi connectivity index (χ0n) is 46.2. The Morgan fingerprint density at radius 2 is 1.09 bits per heavy atom. The number of hydrogen-bond donors (Lipinski definition) is 2. The lowest BCUT2D eigenvalue weighted by atomic mass is 9.97. The van der Waals surface area contributed by atoms with Crippen molar-refractivity contribution in [3.05, 3.63) is 93.1 Å². The Labute approximate surface area is 425 Å². The highest BCUT2D eigenvalue weighted by atomic mass is 28.3. The summed E-state index contributed by atoms with van der Waals surface area (Å²) in [6.45, 7) is 38.2. The summed E-state index contributed by atoms with van der Waals surface area (Å²) in [6.07, 6.45) is 11.4. The zero-order valence-corrected chi connectivity index (χ0v) is 48.2. The molecule has 2 fully saturated rings. The number of aryl methyl sites for hydroxylation is 4. The van der Waals surface area contributed by atoms with Crippen LogP contribution in [0.25, 0.3) is 12.2 Å². The Kier molecular flexibility index (Phi) is 23.3. The number of aliphatic hydroxyl groups excluding tert-OH is 2. The standard InChI is InChI=1S/C29H46O5Si.C29H44O5Si/c2*1-10-20(2)14-15-24(30)27-25(33-29(5,6)34-27)13-11-12-23-19-21(3)18-22(4)26(23)28(31)32-16-17-35(7,8)9/h11-12,14-15,18-20,24-25,27,30H,10,13,16-17H2,1-9H3;11-12,18-20,24-25,27,30H,10,13,16-17H2,1-9H3/b12-11+,15-14-;12-11+/t2*20-,24?,25?,27-/m11/s1. The number of ether oxygens (including phenoxy) is 6. The van der Waals surface area contributed by atoms with Crippen molar-refractivity contribution in [3.63, 3.8) is 0 Å². The quantitative estimate of drug-likeness (QED) is 0.0572. The summed E-state index contributed by atoms with van der Waals surface area (Å²) in [5, 5.41) is 21.4. The fourth-order valence-corrected chi connectivity index (χ4v) is 9.56. The van der Waals surface area contributed by atoms with Crippen LogP contribution >= 0.6 is 0 Å². The summed E-state index contributed by atoms with van der Waals surface area (Å²) >= 11 is 0. The van der Waals surface area contributed by atoms with Crippen molar-refractivity contribution in [2.24, 2.45) is 11.8 Å². The Morgan fingerprint density at radius 1 is 0.657 bits per heavy atom. The summed E-state index contributed by atoms with van der Waals surface area (Å²) < 4.78 is 35.5. The number of rotatable bonds is 20. The van der Waals surface area contributed by atoms with Crippen LogP contribution in [0.5, 0.6) is 0 Å². The molecule has 0 aliphatic carbocycles. The third-order valence-corrected chi connectivity index (χ3v) is 15.8. The normalized spacial score (nSPS) is 21.8. The molecule has 390 valence electrons. The topological polar surface area (TPSA) is 130 Å². The minimum Gasteiger partial charge on any atom is -0.462 e. The first-order valence-corrected chi connectivity index (χ1v) is 33.0. The van der Waals surface area contributed by atoms with Crippen molar-refractivity contribution < 1.29 is 48.2 Å². The molecule has 0 radical (unpaired) electrons. The fraction of sp³-hybridized carbons (Fsp3) is 0.621. The smallest absolute Gasteiger partial charge is 0.338 e. The Balaban J connectivity index is 0.000000370. The van der Waals surface area contributed by atoms with Gasteiger partial charge in [0, 0.05) is 22.1 Å². The molecule has 2 heterocycles. The molecular weight excluding hydrogens is 913 g/mol. The Bertz CT molecular complexity index is 2180. The molecule has 12 heteroatoms. The van der Waals surface area contributed by atoms with Crippen LogP contribution in [-0.4, -0.2) is 99.7 Å². The van der Waals surface area contributed by atoms with Gasteiger partial charge in [0.25, 0.3) is 0 Å². The monoisotopic (exact) mass is 1000 g/mol. The van der Waals surface area contributed by atoms with E-state index < -0.39 is 52.1 Å². The highest BCUT2D eigenvalue weighted by Gasteiger charge is 2.45. The van der Waals surface area contributed by atoms with Crippen molar-refractivity contribution in [1.29, 1.82) is 0 Å². The maximum absolute atomic E-state index is 13.0. The largest absolute Gasteiger partial charge is 0.462 e.